The number of thioether (sulfide) groups is 1. The maximum absolute atomic E-state index is 10.6. The molecule has 0 radical (unpaired) electrons. The highest BCUT2D eigenvalue weighted by molar-refractivity contribution is 7.99. The fourth-order valence-electron chi connectivity index (χ4n) is 2.24. The predicted molar refractivity (Wildman–Crippen MR) is 88.5 cm³/mol. The van der Waals surface area contributed by atoms with Gasteiger partial charge in [-0.05, 0) is 19.1 Å². The number of tetrazole rings is 1. The predicted octanol–water partition coefficient (Wildman–Crippen LogP) is 0.150. The van der Waals surface area contributed by atoms with Crippen molar-refractivity contribution in [2.24, 2.45) is 0 Å². The van der Waals surface area contributed by atoms with Crippen LogP contribution in [0.15, 0.2) is 29.4 Å². The lowest BCUT2D eigenvalue weighted by Gasteiger charge is -2.06. The second kappa shape index (κ2) is 7.43. The number of carbonyl (C=O) groups is 1. The van der Waals surface area contributed by atoms with Crippen molar-refractivity contribution in [1.82, 2.24) is 35.0 Å². The summed E-state index contributed by atoms with van der Waals surface area (Å²) in [6, 6.07) is 7.87. The first-order valence-corrected chi connectivity index (χ1v) is 8.65. The third-order valence-electron chi connectivity index (χ3n) is 3.47. The number of aromatic nitrogens is 7. The van der Waals surface area contributed by atoms with E-state index < -0.39 is 5.97 Å². The Labute approximate surface area is 148 Å². The number of aryl methyl sites for hydroxylation is 1. The van der Waals surface area contributed by atoms with Crippen molar-refractivity contribution in [1.29, 1.82) is 0 Å². The van der Waals surface area contributed by atoms with Crippen molar-refractivity contribution in [3.8, 4) is 11.4 Å². The molecular weight excluding hydrogens is 342 g/mol. The van der Waals surface area contributed by atoms with E-state index in [4.69, 9.17) is 0 Å². The van der Waals surface area contributed by atoms with Gasteiger partial charge in [0.15, 0.2) is 11.0 Å². The molecule has 3 rings (SSSR count). The van der Waals surface area contributed by atoms with Crippen LogP contribution in [0.4, 0.5) is 0 Å². The summed E-state index contributed by atoms with van der Waals surface area (Å²) in [6.45, 7) is 4.85. The van der Waals surface area contributed by atoms with E-state index >= 15 is 0 Å². The molecule has 0 aliphatic rings. The first-order valence-electron chi connectivity index (χ1n) is 7.66. The van der Waals surface area contributed by atoms with Crippen LogP contribution in [0.5, 0.6) is 0 Å². The van der Waals surface area contributed by atoms with Crippen molar-refractivity contribution in [2.75, 3.05) is 5.75 Å². The minimum Gasteiger partial charge on any atom is -0.549 e. The lowest BCUT2D eigenvalue weighted by molar-refractivity contribution is -0.301. The average molecular weight is 358 g/mol. The van der Waals surface area contributed by atoms with E-state index in [9.17, 15) is 9.90 Å². The van der Waals surface area contributed by atoms with Gasteiger partial charge in [-0.3, -0.25) is 0 Å². The molecule has 25 heavy (non-hydrogen) atoms. The van der Waals surface area contributed by atoms with Gasteiger partial charge >= 0.3 is 0 Å². The topological polar surface area (TPSA) is 114 Å². The molecule has 0 aliphatic heterocycles. The molecule has 0 unspecified atom stereocenters. The van der Waals surface area contributed by atoms with Gasteiger partial charge in [-0.15, -0.1) is 20.4 Å². The maximum Gasteiger partial charge on any atom is 0.204 e. The first-order chi connectivity index (χ1) is 12.1. The highest BCUT2D eigenvalue weighted by Gasteiger charge is 2.14. The van der Waals surface area contributed by atoms with Gasteiger partial charge in [0.25, 0.3) is 0 Å². The highest BCUT2D eigenvalue weighted by Crippen LogP contribution is 2.17. The van der Waals surface area contributed by atoms with E-state index in [1.807, 2.05) is 42.7 Å². The Bertz CT molecular complexity index is 872. The second-order valence-corrected chi connectivity index (χ2v) is 6.26. The van der Waals surface area contributed by atoms with E-state index in [0.29, 0.717) is 29.9 Å². The summed E-state index contributed by atoms with van der Waals surface area (Å²) < 4.78 is 1.82. The Morgan fingerprint density at radius 1 is 1.20 bits per heavy atom. The van der Waals surface area contributed by atoms with Gasteiger partial charge in [-0.25, -0.2) is 0 Å². The lowest BCUT2D eigenvalue weighted by atomic mass is 10.1. The van der Waals surface area contributed by atoms with Crippen LogP contribution in [-0.2, 0) is 17.9 Å². The normalized spacial score (nSPS) is 11.0. The third-order valence-corrected chi connectivity index (χ3v) is 4.41. The lowest BCUT2D eigenvalue weighted by Crippen LogP contribution is -2.24. The third kappa shape index (κ3) is 4.02. The van der Waals surface area contributed by atoms with E-state index in [2.05, 4.69) is 25.6 Å². The standard InChI is InChI=1S/C15H17N7O2S/c1-3-21-12(16-18-15(21)25-9-13(23)24)8-22-19-14(17-20-22)11-6-4-10(2)5-7-11/h4-7H,3,8-9H2,1-2H3,(H,23,24)/p-1. The van der Waals surface area contributed by atoms with Crippen LogP contribution in [0.2, 0.25) is 0 Å². The average Bonchev–Trinajstić information content (AvgIpc) is 3.21. The minimum absolute atomic E-state index is 0.169. The summed E-state index contributed by atoms with van der Waals surface area (Å²) in [6.07, 6.45) is 0. The number of hydrogen-bond acceptors (Lipinski definition) is 8. The summed E-state index contributed by atoms with van der Waals surface area (Å²) >= 11 is 1.08. The van der Waals surface area contributed by atoms with Crippen molar-refractivity contribution < 1.29 is 9.90 Å². The van der Waals surface area contributed by atoms with Crippen LogP contribution >= 0.6 is 11.8 Å². The molecule has 10 heteroatoms. The molecule has 0 saturated carbocycles. The highest BCUT2D eigenvalue weighted by atomic mass is 32.2. The summed E-state index contributed by atoms with van der Waals surface area (Å²) in [5.74, 6) is -0.139. The van der Waals surface area contributed by atoms with E-state index in [1.165, 1.54) is 4.80 Å². The molecule has 0 amide bonds. The Kier molecular flexibility index (Phi) is 5.08. The SMILES string of the molecule is CCn1c(Cn2nnc(-c3ccc(C)cc3)n2)nnc1SCC(=O)[O-]. The van der Waals surface area contributed by atoms with Gasteiger partial charge in [0, 0.05) is 17.9 Å². The van der Waals surface area contributed by atoms with E-state index in [-0.39, 0.29) is 5.75 Å². The van der Waals surface area contributed by atoms with Crippen LogP contribution in [-0.4, -0.2) is 46.7 Å². The van der Waals surface area contributed by atoms with Gasteiger partial charge in [0.2, 0.25) is 5.82 Å². The number of benzene rings is 1. The maximum atomic E-state index is 10.6. The number of rotatable bonds is 7. The Balaban J connectivity index is 1.76. The number of nitrogens with zero attached hydrogens (tertiary/aromatic N) is 7. The molecule has 0 saturated heterocycles. The van der Waals surface area contributed by atoms with Crippen LogP contribution in [0.3, 0.4) is 0 Å². The molecule has 2 heterocycles. The van der Waals surface area contributed by atoms with Gasteiger partial charge < -0.3 is 14.5 Å². The van der Waals surface area contributed by atoms with Crippen molar-refractivity contribution in [2.45, 2.75) is 32.1 Å². The molecular formula is C15H16N7O2S-. The Hall–Kier alpha value is -2.75. The number of carbonyl (C=O) groups excluding carboxylic acids is 1. The molecule has 130 valence electrons. The number of carboxylic acid groups (broad SMARTS) is 1. The molecule has 9 nitrogen and oxygen atoms in total. The van der Waals surface area contributed by atoms with E-state index in [0.717, 1.165) is 22.9 Å². The molecule has 0 atom stereocenters. The van der Waals surface area contributed by atoms with Gasteiger partial charge in [0.05, 0.1) is 5.97 Å². The zero-order valence-electron chi connectivity index (χ0n) is 13.8. The molecule has 0 aliphatic carbocycles. The fraction of sp³-hybridized carbons (Fsp3) is 0.333. The molecule has 0 spiro atoms. The molecule has 1 aromatic carbocycles. The smallest absolute Gasteiger partial charge is 0.204 e. The second-order valence-electron chi connectivity index (χ2n) is 5.31. The van der Waals surface area contributed by atoms with Crippen LogP contribution in [0, 0.1) is 6.92 Å². The van der Waals surface area contributed by atoms with E-state index in [1.54, 1.807) is 0 Å². The van der Waals surface area contributed by atoms with Gasteiger partial charge in [-0.2, -0.15) is 4.80 Å². The van der Waals surface area contributed by atoms with Crippen LogP contribution < -0.4 is 5.11 Å². The largest absolute Gasteiger partial charge is 0.549 e. The summed E-state index contributed by atoms with van der Waals surface area (Å²) in [7, 11) is 0. The molecule has 2 aromatic heterocycles. The minimum atomic E-state index is -1.14. The summed E-state index contributed by atoms with van der Waals surface area (Å²) in [5.41, 5.74) is 2.05. The number of hydrogen-bond donors (Lipinski definition) is 0. The van der Waals surface area contributed by atoms with Crippen LogP contribution in [0.25, 0.3) is 11.4 Å². The Morgan fingerprint density at radius 3 is 2.64 bits per heavy atom. The molecule has 0 N–H and O–H groups in total. The fourth-order valence-corrected chi connectivity index (χ4v) is 2.97. The zero-order valence-corrected chi connectivity index (χ0v) is 14.6. The number of carboxylic acids is 1. The van der Waals surface area contributed by atoms with Crippen molar-refractivity contribution in [3.63, 3.8) is 0 Å². The Morgan fingerprint density at radius 2 is 1.96 bits per heavy atom. The molecule has 0 fully saturated rings. The quantitative estimate of drug-likeness (QED) is 0.548. The van der Waals surface area contributed by atoms with Gasteiger partial charge in [-0.1, -0.05) is 41.6 Å². The van der Waals surface area contributed by atoms with Crippen molar-refractivity contribution >= 4 is 17.7 Å². The van der Waals surface area contributed by atoms with Crippen molar-refractivity contribution in [3.05, 3.63) is 35.7 Å². The monoisotopic (exact) mass is 358 g/mol. The molecule has 3 aromatic rings. The van der Waals surface area contributed by atoms with Gasteiger partial charge in [0.1, 0.15) is 6.54 Å². The van der Waals surface area contributed by atoms with Crippen LogP contribution in [0.1, 0.15) is 18.3 Å². The number of aliphatic carboxylic acids is 1. The summed E-state index contributed by atoms with van der Waals surface area (Å²) in [4.78, 5) is 12.0. The first kappa shape index (κ1) is 17.1. The zero-order chi connectivity index (χ0) is 17.8. The molecule has 0 bridgehead atoms. The summed E-state index contributed by atoms with van der Waals surface area (Å²) in [5, 5.41) is 31.8.